The average Bonchev–Trinajstić information content (AvgIpc) is 2.41. The molecule has 2 rings (SSSR count). The summed E-state index contributed by atoms with van der Waals surface area (Å²) in [5, 5.41) is 0.291. The number of sulfonamides is 1. The van der Waals surface area contributed by atoms with Gasteiger partial charge < -0.3 is 5.73 Å². The molecule has 0 radical (unpaired) electrons. The molecular formula is C14H21ClN2O2S. The second kappa shape index (κ2) is 6.43. The Bertz CT molecular complexity index is 567. The zero-order valence-electron chi connectivity index (χ0n) is 11.7. The standard InChI is InChI=1S/C14H21ClN2O2S/c1-2-3-11-4-5-13(15)14(10-11)20(18,19)17-8-6-12(16)7-9-17/h4-5,10,12H,2-3,6-9,16H2,1H3. The van der Waals surface area contributed by atoms with E-state index in [2.05, 4.69) is 6.92 Å². The van der Waals surface area contributed by atoms with E-state index in [-0.39, 0.29) is 10.9 Å². The summed E-state index contributed by atoms with van der Waals surface area (Å²) in [6, 6.07) is 5.37. The van der Waals surface area contributed by atoms with Crippen molar-refractivity contribution in [3.05, 3.63) is 28.8 Å². The highest BCUT2D eigenvalue weighted by Crippen LogP contribution is 2.28. The molecule has 6 heteroatoms. The van der Waals surface area contributed by atoms with E-state index in [9.17, 15) is 8.42 Å². The summed E-state index contributed by atoms with van der Waals surface area (Å²) >= 11 is 6.10. The average molecular weight is 317 g/mol. The molecule has 20 heavy (non-hydrogen) atoms. The van der Waals surface area contributed by atoms with Crippen molar-refractivity contribution in [3.63, 3.8) is 0 Å². The van der Waals surface area contributed by atoms with E-state index in [1.54, 1.807) is 12.1 Å². The molecule has 0 aromatic heterocycles. The van der Waals surface area contributed by atoms with Crippen LogP contribution < -0.4 is 5.73 Å². The molecule has 1 saturated heterocycles. The van der Waals surface area contributed by atoms with Crippen LogP contribution in [0, 0.1) is 0 Å². The molecule has 4 nitrogen and oxygen atoms in total. The number of benzene rings is 1. The fraction of sp³-hybridized carbons (Fsp3) is 0.571. The summed E-state index contributed by atoms with van der Waals surface area (Å²) in [7, 11) is -3.51. The maximum atomic E-state index is 12.7. The van der Waals surface area contributed by atoms with Gasteiger partial charge in [0.1, 0.15) is 4.90 Å². The lowest BCUT2D eigenvalue weighted by molar-refractivity contribution is 0.320. The minimum Gasteiger partial charge on any atom is -0.328 e. The summed E-state index contributed by atoms with van der Waals surface area (Å²) in [6.07, 6.45) is 3.22. The minimum absolute atomic E-state index is 0.100. The summed E-state index contributed by atoms with van der Waals surface area (Å²) in [5.74, 6) is 0. The molecule has 1 aromatic carbocycles. The summed E-state index contributed by atoms with van der Waals surface area (Å²) in [5.41, 5.74) is 6.83. The van der Waals surface area contributed by atoms with E-state index in [0.29, 0.717) is 31.0 Å². The van der Waals surface area contributed by atoms with Gasteiger partial charge in [-0.3, -0.25) is 0 Å². The molecule has 0 amide bonds. The van der Waals surface area contributed by atoms with Crippen molar-refractivity contribution in [2.75, 3.05) is 13.1 Å². The van der Waals surface area contributed by atoms with Crippen LogP contribution >= 0.6 is 11.6 Å². The zero-order chi connectivity index (χ0) is 14.8. The third-order valence-corrected chi connectivity index (χ3v) is 6.03. The van der Waals surface area contributed by atoms with Crippen LogP contribution in [0.25, 0.3) is 0 Å². The Hall–Kier alpha value is -0.620. The highest BCUT2D eigenvalue weighted by molar-refractivity contribution is 7.89. The molecule has 0 atom stereocenters. The van der Waals surface area contributed by atoms with Crippen LogP contribution in [-0.2, 0) is 16.4 Å². The Morgan fingerprint density at radius 3 is 2.60 bits per heavy atom. The SMILES string of the molecule is CCCc1ccc(Cl)c(S(=O)(=O)N2CCC(N)CC2)c1. The first-order valence-corrected chi connectivity index (χ1v) is 8.81. The van der Waals surface area contributed by atoms with Crippen molar-refractivity contribution in [1.29, 1.82) is 0 Å². The van der Waals surface area contributed by atoms with Crippen molar-refractivity contribution in [3.8, 4) is 0 Å². The van der Waals surface area contributed by atoms with Gasteiger partial charge in [-0.2, -0.15) is 4.31 Å². The number of halogens is 1. The normalized spacial score (nSPS) is 18.4. The molecular weight excluding hydrogens is 296 g/mol. The van der Waals surface area contributed by atoms with Crippen molar-refractivity contribution >= 4 is 21.6 Å². The van der Waals surface area contributed by atoms with Crippen molar-refractivity contribution in [2.45, 2.75) is 43.5 Å². The van der Waals surface area contributed by atoms with E-state index in [1.165, 1.54) is 4.31 Å². The molecule has 0 saturated carbocycles. The summed E-state index contributed by atoms with van der Waals surface area (Å²) < 4.78 is 26.8. The number of aryl methyl sites for hydroxylation is 1. The highest BCUT2D eigenvalue weighted by Gasteiger charge is 2.29. The monoisotopic (exact) mass is 316 g/mol. The van der Waals surface area contributed by atoms with Crippen LogP contribution in [0.3, 0.4) is 0 Å². The Kier molecular flexibility index (Phi) is 5.07. The van der Waals surface area contributed by atoms with Gasteiger partial charge in [-0.1, -0.05) is 31.0 Å². The van der Waals surface area contributed by atoms with Gasteiger partial charge >= 0.3 is 0 Å². The number of hydrogen-bond acceptors (Lipinski definition) is 3. The first-order valence-electron chi connectivity index (χ1n) is 6.99. The number of rotatable bonds is 4. The van der Waals surface area contributed by atoms with Crippen LogP contribution in [-0.4, -0.2) is 31.9 Å². The van der Waals surface area contributed by atoms with Gasteiger partial charge in [-0.15, -0.1) is 0 Å². The quantitative estimate of drug-likeness (QED) is 0.927. The van der Waals surface area contributed by atoms with Gasteiger partial charge in [0, 0.05) is 19.1 Å². The molecule has 0 spiro atoms. The molecule has 0 aliphatic carbocycles. The molecule has 2 N–H and O–H groups in total. The highest BCUT2D eigenvalue weighted by atomic mass is 35.5. The first-order chi connectivity index (χ1) is 9.45. The Balaban J connectivity index is 2.31. The maximum absolute atomic E-state index is 12.7. The largest absolute Gasteiger partial charge is 0.328 e. The van der Waals surface area contributed by atoms with Gasteiger partial charge in [0.15, 0.2) is 0 Å². The summed E-state index contributed by atoms with van der Waals surface area (Å²) in [6.45, 7) is 3.00. The van der Waals surface area contributed by atoms with Gasteiger partial charge in [0.25, 0.3) is 0 Å². The third-order valence-electron chi connectivity index (χ3n) is 3.65. The van der Waals surface area contributed by atoms with Gasteiger partial charge in [0.2, 0.25) is 10.0 Å². The van der Waals surface area contributed by atoms with E-state index < -0.39 is 10.0 Å². The van der Waals surface area contributed by atoms with Crippen LogP contribution in [0.1, 0.15) is 31.7 Å². The topological polar surface area (TPSA) is 63.4 Å². The molecule has 1 aliphatic rings. The Morgan fingerprint density at radius 1 is 1.35 bits per heavy atom. The Morgan fingerprint density at radius 2 is 2.00 bits per heavy atom. The molecule has 1 fully saturated rings. The van der Waals surface area contributed by atoms with Crippen LogP contribution in [0.4, 0.5) is 0 Å². The third kappa shape index (κ3) is 3.34. The van der Waals surface area contributed by atoms with E-state index in [1.807, 2.05) is 6.07 Å². The predicted octanol–water partition coefficient (Wildman–Crippen LogP) is 2.40. The predicted molar refractivity (Wildman–Crippen MR) is 81.4 cm³/mol. The number of nitrogens with zero attached hydrogens (tertiary/aromatic N) is 1. The molecule has 112 valence electrons. The zero-order valence-corrected chi connectivity index (χ0v) is 13.3. The lowest BCUT2D eigenvalue weighted by Crippen LogP contribution is -2.42. The first kappa shape index (κ1) is 15.8. The lowest BCUT2D eigenvalue weighted by Gasteiger charge is -2.29. The fourth-order valence-corrected chi connectivity index (χ4v) is 4.44. The second-order valence-corrected chi connectivity index (χ2v) is 7.57. The minimum atomic E-state index is -3.51. The van der Waals surface area contributed by atoms with Gasteiger partial charge in [-0.05, 0) is 37.0 Å². The molecule has 1 aliphatic heterocycles. The van der Waals surface area contributed by atoms with E-state index in [0.717, 1.165) is 18.4 Å². The van der Waals surface area contributed by atoms with Crippen LogP contribution in [0.15, 0.2) is 23.1 Å². The van der Waals surface area contributed by atoms with Crippen molar-refractivity contribution < 1.29 is 8.42 Å². The van der Waals surface area contributed by atoms with Crippen molar-refractivity contribution in [1.82, 2.24) is 4.31 Å². The summed E-state index contributed by atoms with van der Waals surface area (Å²) in [4.78, 5) is 0.223. The number of piperidine rings is 1. The van der Waals surface area contributed by atoms with Gasteiger partial charge in [-0.25, -0.2) is 8.42 Å². The molecule has 1 heterocycles. The van der Waals surface area contributed by atoms with E-state index >= 15 is 0 Å². The lowest BCUT2D eigenvalue weighted by atomic mass is 10.1. The number of nitrogens with two attached hydrogens (primary N) is 1. The molecule has 0 bridgehead atoms. The van der Waals surface area contributed by atoms with Gasteiger partial charge in [0.05, 0.1) is 5.02 Å². The van der Waals surface area contributed by atoms with Crippen LogP contribution in [0.2, 0.25) is 5.02 Å². The van der Waals surface area contributed by atoms with Crippen molar-refractivity contribution in [2.24, 2.45) is 5.73 Å². The molecule has 1 aromatic rings. The number of hydrogen-bond donors (Lipinski definition) is 1. The van der Waals surface area contributed by atoms with Crippen LogP contribution in [0.5, 0.6) is 0 Å². The second-order valence-electron chi connectivity index (χ2n) is 5.26. The fourth-order valence-electron chi connectivity index (χ4n) is 2.44. The Labute approximate surface area is 126 Å². The smallest absolute Gasteiger partial charge is 0.244 e. The van der Waals surface area contributed by atoms with E-state index in [4.69, 9.17) is 17.3 Å². The maximum Gasteiger partial charge on any atom is 0.244 e. The molecule has 0 unspecified atom stereocenters.